The largest absolute Gasteiger partial charge is 0.400 e. The zero-order valence-corrected chi connectivity index (χ0v) is 12.6. The molecule has 0 fully saturated rings. The zero-order chi connectivity index (χ0) is 14.8. The van der Waals surface area contributed by atoms with Crippen LogP contribution in [-0.4, -0.2) is 25.6 Å². The molecule has 0 bridgehead atoms. The second-order valence-corrected chi connectivity index (χ2v) is 6.52. The molecular formula is C12H24F3O3P. The standard InChI is InChI=1S/C12H24F3O3P/c1-3-5-7-9-17-19(16,11-12(13,14)15)18-10-8-6-4-2/h3-11H2,1-2H3. The Balaban J connectivity index is 4.24. The van der Waals surface area contributed by atoms with Crippen LogP contribution in [0.3, 0.4) is 0 Å². The number of halogens is 3. The van der Waals surface area contributed by atoms with Gasteiger partial charge in [-0.25, -0.2) is 0 Å². The smallest absolute Gasteiger partial charge is 0.308 e. The van der Waals surface area contributed by atoms with Gasteiger partial charge in [-0.05, 0) is 12.8 Å². The topological polar surface area (TPSA) is 35.5 Å². The molecule has 0 N–H and O–H groups in total. The Morgan fingerprint density at radius 2 is 1.32 bits per heavy atom. The van der Waals surface area contributed by atoms with Gasteiger partial charge in [0.1, 0.15) is 6.16 Å². The molecule has 0 aliphatic carbocycles. The molecule has 0 aromatic heterocycles. The molecule has 0 spiro atoms. The summed E-state index contributed by atoms with van der Waals surface area (Å²) in [5, 5.41) is 0. The van der Waals surface area contributed by atoms with E-state index in [0.717, 1.165) is 25.7 Å². The second-order valence-electron chi connectivity index (χ2n) is 4.46. The van der Waals surface area contributed by atoms with E-state index in [1.54, 1.807) is 0 Å². The summed E-state index contributed by atoms with van der Waals surface area (Å²) in [5.74, 6) is 0. The molecule has 0 saturated carbocycles. The predicted molar refractivity (Wildman–Crippen MR) is 69.5 cm³/mol. The highest BCUT2D eigenvalue weighted by Crippen LogP contribution is 2.52. The Labute approximate surface area is 113 Å². The van der Waals surface area contributed by atoms with Gasteiger partial charge in [0.15, 0.2) is 0 Å². The molecular weight excluding hydrogens is 280 g/mol. The van der Waals surface area contributed by atoms with E-state index in [0.29, 0.717) is 12.8 Å². The predicted octanol–water partition coefficient (Wildman–Crippen LogP) is 5.16. The summed E-state index contributed by atoms with van der Waals surface area (Å²) in [7, 11) is -4.05. The normalized spacial score (nSPS) is 12.9. The van der Waals surface area contributed by atoms with Gasteiger partial charge in [0.05, 0.1) is 13.2 Å². The second kappa shape index (κ2) is 9.78. The molecule has 0 heterocycles. The molecule has 116 valence electrons. The van der Waals surface area contributed by atoms with Crippen molar-refractivity contribution >= 4 is 7.60 Å². The first-order valence-corrected chi connectivity index (χ1v) is 8.50. The summed E-state index contributed by atoms with van der Waals surface area (Å²) in [6.07, 6.45) is -1.34. The summed E-state index contributed by atoms with van der Waals surface area (Å²) in [6, 6.07) is 0. The van der Waals surface area contributed by atoms with Crippen LogP contribution in [0.25, 0.3) is 0 Å². The van der Waals surface area contributed by atoms with Crippen molar-refractivity contribution in [1.29, 1.82) is 0 Å². The van der Waals surface area contributed by atoms with Crippen LogP contribution in [0.1, 0.15) is 52.4 Å². The minimum Gasteiger partial charge on any atom is -0.308 e. The molecule has 0 radical (unpaired) electrons. The monoisotopic (exact) mass is 304 g/mol. The molecule has 7 heteroatoms. The maximum Gasteiger partial charge on any atom is 0.400 e. The van der Waals surface area contributed by atoms with Gasteiger partial charge in [0, 0.05) is 0 Å². The van der Waals surface area contributed by atoms with Crippen LogP contribution in [0.15, 0.2) is 0 Å². The molecule has 0 rings (SSSR count). The minimum atomic E-state index is -4.54. The van der Waals surface area contributed by atoms with Gasteiger partial charge in [-0.15, -0.1) is 0 Å². The summed E-state index contributed by atoms with van der Waals surface area (Å²) >= 11 is 0. The molecule has 0 aliphatic heterocycles. The molecule has 0 aromatic rings. The molecule has 0 unspecified atom stereocenters. The number of hydrogen-bond donors (Lipinski definition) is 0. The fourth-order valence-electron chi connectivity index (χ4n) is 1.46. The van der Waals surface area contributed by atoms with E-state index in [4.69, 9.17) is 9.05 Å². The van der Waals surface area contributed by atoms with Crippen LogP contribution in [0.2, 0.25) is 0 Å². The van der Waals surface area contributed by atoms with Crippen LogP contribution >= 0.6 is 7.60 Å². The Hall–Kier alpha value is -0.0600. The first kappa shape index (κ1) is 18.9. The van der Waals surface area contributed by atoms with Gasteiger partial charge >= 0.3 is 13.8 Å². The van der Waals surface area contributed by atoms with Crippen molar-refractivity contribution < 1.29 is 26.8 Å². The molecule has 19 heavy (non-hydrogen) atoms. The van der Waals surface area contributed by atoms with Gasteiger partial charge < -0.3 is 9.05 Å². The summed E-state index contributed by atoms with van der Waals surface area (Å²) in [6.45, 7) is 4.04. The third kappa shape index (κ3) is 11.5. The molecule has 0 aromatic carbocycles. The molecule has 0 aliphatic rings. The van der Waals surface area contributed by atoms with E-state index < -0.39 is 19.9 Å². The van der Waals surface area contributed by atoms with Crippen molar-refractivity contribution in [2.45, 2.75) is 58.5 Å². The Kier molecular flexibility index (Phi) is 9.75. The summed E-state index contributed by atoms with van der Waals surface area (Å²) < 4.78 is 58.9. The van der Waals surface area contributed by atoms with Gasteiger partial charge in [-0.1, -0.05) is 39.5 Å². The van der Waals surface area contributed by atoms with Crippen LogP contribution in [0.5, 0.6) is 0 Å². The van der Waals surface area contributed by atoms with E-state index in [1.165, 1.54) is 0 Å². The third-order valence-electron chi connectivity index (χ3n) is 2.44. The van der Waals surface area contributed by atoms with Gasteiger partial charge in [0.2, 0.25) is 0 Å². The average Bonchev–Trinajstić information content (AvgIpc) is 2.28. The molecule has 3 nitrogen and oxygen atoms in total. The fourth-order valence-corrected chi connectivity index (χ4v) is 2.97. The van der Waals surface area contributed by atoms with Crippen LogP contribution in [-0.2, 0) is 13.6 Å². The lowest BCUT2D eigenvalue weighted by atomic mass is 10.3. The lowest BCUT2D eigenvalue weighted by Crippen LogP contribution is -2.17. The zero-order valence-electron chi connectivity index (χ0n) is 11.7. The van der Waals surface area contributed by atoms with E-state index in [9.17, 15) is 17.7 Å². The Morgan fingerprint density at radius 1 is 0.895 bits per heavy atom. The van der Waals surface area contributed by atoms with E-state index in [1.807, 2.05) is 13.8 Å². The van der Waals surface area contributed by atoms with Gasteiger partial charge in [-0.3, -0.25) is 4.57 Å². The third-order valence-corrected chi connectivity index (χ3v) is 4.34. The van der Waals surface area contributed by atoms with Crippen molar-refractivity contribution in [2.24, 2.45) is 0 Å². The number of unbranched alkanes of at least 4 members (excludes halogenated alkanes) is 4. The van der Waals surface area contributed by atoms with E-state index in [-0.39, 0.29) is 13.2 Å². The Morgan fingerprint density at radius 3 is 1.63 bits per heavy atom. The first-order valence-electron chi connectivity index (χ1n) is 6.78. The van der Waals surface area contributed by atoms with Crippen molar-refractivity contribution in [1.82, 2.24) is 0 Å². The van der Waals surface area contributed by atoms with E-state index >= 15 is 0 Å². The van der Waals surface area contributed by atoms with E-state index in [2.05, 4.69) is 0 Å². The quantitative estimate of drug-likeness (QED) is 0.391. The van der Waals surface area contributed by atoms with Crippen molar-refractivity contribution in [2.75, 3.05) is 19.4 Å². The van der Waals surface area contributed by atoms with Crippen LogP contribution in [0.4, 0.5) is 13.2 Å². The summed E-state index contributed by atoms with van der Waals surface area (Å²) in [5.41, 5.74) is 0. The fraction of sp³-hybridized carbons (Fsp3) is 1.00. The number of hydrogen-bond acceptors (Lipinski definition) is 3. The molecule has 0 atom stereocenters. The summed E-state index contributed by atoms with van der Waals surface area (Å²) in [4.78, 5) is 0. The molecule has 0 saturated heterocycles. The highest BCUT2D eigenvalue weighted by atomic mass is 31.2. The lowest BCUT2D eigenvalue weighted by molar-refractivity contribution is -0.110. The SMILES string of the molecule is CCCCCOP(=O)(CC(F)(F)F)OCCCCC. The van der Waals surface area contributed by atoms with Crippen LogP contribution < -0.4 is 0 Å². The first-order chi connectivity index (χ1) is 8.83. The van der Waals surface area contributed by atoms with Crippen molar-refractivity contribution in [3.8, 4) is 0 Å². The molecule has 0 amide bonds. The maximum atomic E-state index is 12.4. The number of rotatable bonds is 11. The van der Waals surface area contributed by atoms with Crippen LogP contribution in [0, 0.1) is 0 Å². The van der Waals surface area contributed by atoms with Gasteiger partial charge in [-0.2, -0.15) is 13.2 Å². The van der Waals surface area contributed by atoms with Crippen molar-refractivity contribution in [3.63, 3.8) is 0 Å². The maximum absolute atomic E-state index is 12.4. The minimum absolute atomic E-state index is 0.0506. The van der Waals surface area contributed by atoms with Crippen molar-refractivity contribution in [3.05, 3.63) is 0 Å². The Bertz CT molecular complexity index is 253. The van der Waals surface area contributed by atoms with Gasteiger partial charge in [0.25, 0.3) is 0 Å². The highest BCUT2D eigenvalue weighted by Gasteiger charge is 2.41. The number of alkyl halides is 3. The average molecular weight is 304 g/mol. The highest BCUT2D eigenvalue weighted by molar-refractivity contribution is 7.53. The lowest BCUT2D eigenvalue weighted by Gasteiger charge is -2.19.